The highest BCUT2D eigenvalue weighted by Gasteiger charge is 2.48. The van der Waals surface area contributed by atoms with E-state index in [4.69, 9.17) is 0 Å². The monoisotopic (exact) mass is 196 g/mol. The van der Waals surface area contributed by atoms with Gasteiger partial charge in [0.05, 0.1) is 6.54 Å². The molecule has 1 saturated carbocycles. The van der Waals surface area contributed by atoms with E-state index in [1.807, 2.05) is 4.90 Å². The Labute approximate surface area is 83.6 Å². The van der Waals surface area contributed by atoms with Gasteiger partial charge < -0.3 is 4.90 Å². The van der Waals surface area contributed by atoms with Crippen molar-refractivity contribution in [3.05, 3.63) is 0 Å². The number of ketones is 1. The first kappa shape index (κ1) is 9.65. The van der Waals surface area contributed by atoms with Gasteiger partial charge in [0.25, 0.3) is 0 Å². The molecule has 0 aromatic heterocycles. The fourth-order valence-corrected chi connectivity index (χ4v) is 2.46. The fourth-order valence-electron chi connectivity index (χ4n) is 2.46. The van der Waals surface area contributed by atoms with Crippen LogP contribution >= 0.6 is 0 Å². The van der Waals surface area contributed by atoms with Gasteiger partial charge in [-0.3, -0.25) is 14.9 Å². The standard InChI is InChI=1S/C10H16N2O2/c1-2-5-12-9(14)7-11-10(12)4-3-8(13)6-10/h11H,2-7H2,1H3. The molecule has 4 heteroatoms. The summed E-state index contributed by atoms with van der Waals surface area (Å²) in [4.78, 5) is 24.7. The van der Waals surface area contributed by atoms with Crippen LogP contribution < -0.4 is 5.32 Å². The highest BCUT2D eigenvalue weighted by Crippen LogP contribution is 2.33. The molecule has 1 aliphatic heterocycles. The molecule has 1 saturated heterocycles. The fraction of sp³-hybridized carbons (Fsp3) is 0.800. The number of amides is 1. The van der Waals surface area contributed by atoms with Crippen LogP contribution in [0.15, 0.2) is 0 Å². The number of rotatable bonds is 2. The summed E-state index contributed by atoms with van der Waals surface area (Å²) in [5, 5.41) is 3.20. The summed E-state index contributed by atoms with van der Waals surface area (Å²) in [7, 11) is 0. The summed E-state index contributed by atoms with van der Waals surface area (Å²) in [5.41, 5.74) is -0.315. The Morgan fingerprint density at radius 2 is 2.29 bits per heavy atom. The number of hydrogen-bond acceptors (Lipinski definition) is 3. The normalized spacial score (nSPS) is 32.2. The van der Waals surface area contributed by atoms with E-state index in [2.05, 4.69) is 12.2 Å². The first-order valence-electron chi connectivity index (χ1n) is 5.25. The molecule has 0 aromatic rings. The number of nitrogens with zero attached hydrogens (tertiary/aromatic N) is 1. The number of Topliss-reactive ketones (excluding diaryl/α,β-unsaturated/α-hetero) is 1. The molecule has 2 fully saturated rings. The maximum Gasteiger partial charge on any atom is 0.238 e. The Kier molecular flexibility index (Phi) is 2.31. The number of hydrogen-bond donors (Lipinski definition) is 1. The van der Waals surface area contributed by atoms with E-state index in [1.54, 1.807) is 0 Å². The average molecular weight is 196 g/mol. The van der Waals surface area contributed by atoms with Gasteiger partial charge in [0, 0.05) is 19.4 Å². The molecule has 1 heterocycles. The molecule has 1 spiro atoms. The summed E-state index contributed by atoms with van der Waals surface area (Å²) in [6.07, 6.45) is 2.85. The van der Waals surface area contributed by atoms with Crippen molar-refractivity contribution in [2.45, 2.75) is 38.3 Å². The lowest BCUT2D eigenvalue weighted by molar-refractivity contribution is -0.130. The maximum absolute atomic E-state index is 11.6. The third-order valence-electron chi connectivity index (χ3n) is 3.14. The molecule has 0 aromatic carbocycles. The highest BCUT2D eigenvalue weighted by atomic mass is 16.2. The van der Waals surface area contributed by atoms with E-state index in [9.17, 15) is 9.59 Å². The summed E-state index contributed by atoms with van der Waals surface area (Å²) in [5.74, 6) is 0.412. The number of carbonyl (C=O) groups excluding carboxylic acids is 2. The zero-order chi connectivity index (χ0) is 10.2. The molecule has 4 nitrogen and oxygen atoms in total. The van der Waals surface area contributed by atoms with Gasteiger partial charge in [-0.15, -0.1) is 0 Å². The van der Waals surface area contributed by atoms with Gasteiger partial charge in [-0.1, -0.05) is 6.92 Å². The zero-order valence-electron chi connectivity index (χ0n) is 8.51. The zero-order valence-corrected chi connectivity index (χ0v) is 8.51. The van der Waals surface area contributed by atoms with E-state index >= 15 is 0 Å². The lowest BCUT2D eigenvalue weighted by Crippen LogP contribution is -2.50. The molecule has 1 N–H and O–H groups in total. The molecular formula is C10H16N2O2. The van der Waals surface area contributed by atoms with Crippen molar-refractivity contribution in [1.29, 1.82) is 0 Å². The van der Waals surface area contributed by atoms with Crippen LogP contribution in [0.4, 0.5) is 0 Å². The van der Waals surface area contributed by atoms with Crippen molar-refractivity contribution in [2.24, 2.45) is 0 Å². The van der Waals surface area contributed by atoms with E-state index in [1.165, 1.54) is 0 Å². The van der Waals surface area contributed by atoms with Gasteiger partial charge >= 0.3 is 0 Å². The summed E-state index contributed by atoms with van der Waals surface area (Å²) in [6, 6.07) is 0. The van der Waals surface area contributed by atoms with Crippen LogP contribution in [0, 0.1) is 0 Å². The molecule has 1 amide bonds. The quantitative estimate of drug-likeness (QED) is 0.690. The Bertz CT molecular complexity index is 273. The van der Waals surface area contributed by atoms with Crippen LogP contribution in [-0.4, -0.2) is 35.3 Å². The predicted molar refractivity (Wildman–Crippen MR) is 51.6 cm³/mol. The van der Waals surface area contributed by atoms with Crippen molar-refractivity contribution in [3.8, 4) is 0 Å². The molecular weight excluding hydrogens is 180 g/mol. The van der Waals surface area contributed by atoms with Gasteiger partial charge in [0.1, 0.15) is 11.4 Å². The lowest BCUT2D eigenvalue weighted by Gasteiger charge is -2.33. The van der Waals surface area contributed by atoms with Crippen LogP contribution in [0.3, 0.4) is 0 Å². The lowest BCUT2D eigenvalue weighted by atomic mass is 10.1. The topological polar surface area (TPSA) is 49.4 Å². The van der Waals surface area contributed by atoms with Crippen LogP contribution in [0.25, 0.3) is 0 Å². The summed E-state index contributed by atoms with van der Waals surface area (Å²) >= 11 is 0. The minimum absolute atomic E-state index is 0.140. The smallest absolute Gasteiger partial charge is 0.238 e. The van der Waals surface area contributed by atoms with Gasteiger partial charge in [-0.25, -0.2) is 0 Å². The highest BCUT2D eigenvalue weighted by molar-refractivity contribution is 5.87. The van der Waals surface area contributed by atoms with Gasteiger partial charge in [-0.05, 0) is 12.8 Å². The van der Waals surface area contributed by atoms with E-state index < -0.39 is 0 Å². The Balaban J connectivity index is 2.17. The van der Waals surface area contributed by atoms with E-state index in [0.717, 1.165) is 19.4 Å². The second-order valence-electron chi connectivity index (χ2n) is 4.15. The third kappa shape index (κ3) is 1.34. The molecule has 14 heavy (non-hydrogen) atoms. The molecule has 1 aliphatic carbocycles. The van der Waals surface area contributed by atoms with Gasteiger partial charge in [-0.2, -0.15) is 0 Å². The molecule has 2 rings (SSSR count). The van der Waals surface area contributed by atoms with Gasteiger partial charge in [0.2, 0.25) is 5.91 Å². The molecule has 2 aliphatic rings. The minimum Gasteiger partial charge on any atom is -0.323 e. The van der Waals surface area contributed by atoms with Crippen molar-refractivity contribution >= 4 is 11.7 Å². The average Bonchev–Trinajstić information content (AvgIpc) is 2.66. The van der Waals surface area contributed by atoms with E-state index in [0.29, 0.717) is 19.4 Å². The van der Waals surface area contributed by atoms with Crippen LogP contribution in [0.1, 0.15) is 32.6 Å². The minimum atomic E-state index is -0.315. The number of carbonyl (C=O) groups is 2. The summed E-state index contributed by atoms with van der Waals surface area (Å²) in [6.45, 7) is 3.21. The molecule has 1 atom stereocenters. The molecule has 1 unspecified atom stereocenters. The van der Waals surface area contributed by atoms with Crippen LogP contribution in [0.2, 0.25) is 0 Å². The molecule has 0 bridgehead atoms. The SMILES string of the molecule is CCCN1C(=O)CNC12CCC(=O)C2. The van der Waals surface area contributed by atoms with E-state index in [-0.39, 0.29) is 17.4 Å². The second kappa shape index (κ2) is 3.35. The van der Waals surface area contributed by atoms with Crippen molar-refractivity contribution in [3.63, 3.8) is 0 Å². The van der Waals surface area contributed by atoms with Crippen LogP contribution in [0.5, 0.6) is 0 Å². The first-order valence-corrected chi connectivity index (χ1v) is 5.25. The first-order chi connectivity index (χ1) is 6.68. The van der Waals surface area contributed by atoms with Gasteiger partial charge in [0.15, 0.2) is 0 Å². The molecule has 0 radical (unpaired) electrons. The largest absolute Gasteiger partial charge is 0.323 e. The second-order valence-corrected chi connectivity index (χ2v) is 4.15. The Morgan fingerprint density at radius 3 is 2.86 bits per heavy atom. The van der Waals surface area contributed by atoms with Crippen molar-refractivity contribution < 1.29 is 9.59 Å². The maximum atomic E-state index is 11.6. The summed E-state index contributed by atoms with van der Waals surface area (Å²) < 4.78 is 0. The van der Waals surface area contributed by atoms with Crippen LogP contribution in [-0.2, 0) is 9.59 Å². The molecule has 78 valence electrons. The predicted octanol–water partition coefficient (Wildman–Crippen LogP) is 0.277. The van der Waals surface area contributed by atoms with Crippen molar-refractivity contribution in [2.75, 3.05) is 13.1 Å². The van der Waals surface area contributed by atoms with Crippen molar-refractivity contribution in [1.82, 2.24) is 10.2 Å². The number of nitrogens with one attached hydrogen (secondary N) is 1. The Hall–Kier alpha value is -0.900. The Morgan fingerprint density at radius 1 is 1.50 bits per heavy atom. The third-order valence-corrected chi connectivity index (χ3v) is 3.14.